The summed E-state index contributed by atoms with van der Waals surface area (Å²) in [7, 11) is 0. The second-order valence-corrected chi connectivity index (χ2v) is 12.0. The maximum atomic E-state index is 13.1. The van der Waals surface area contributed by atoms with Gasteiger partial charge in [-0.05, 0) is 51.0 Å². The van der Waals surface area contributed by atoms with Crippen molar-refractivity contribution in [2.24, 2.45) is 0 Å². The Balaban J connectivity index is 1.64. The molecule has 0 radical (unpaired) electrons. The lowest BCUT2D eigenvalue weighted by atomic mass is 10.1. The van der Waals surface area contributed by atoms with Crippen molar-refractivity contribution in [1.82, 2.24) is 10.6 Å². The lowest BCUT2D eigenvalue weighted by molar-refractivity contribution is 0.0520. The third-order valence-corrected chi connectivity index (χ3v) is 9.36. The molecule has 230 valence electrons. The number of rotatable bonds is 4. The smallest absolute Gasteiger partial charge is 0.348 e. The Morgan fingerprint density at radius 2 is 1.16 bits per heavy atom. The van der Waals surface area contributed by atoms with Crippen molar-refractivity contribution in [3.63, 3.8) is 0 Å². The molecule has 2 N–H and O–H groups in total. The second-order valence-electron chi connectivity index (χ2n) is 9.71. The van der Waals surface area contributed by atoms with Crippen LogP contribution in [0.15, 0.2) is 48.5 Å². The Morgan fingerprint density at radius 3 is 1.59 bits per heavy atom. The van der Waals surface area contributed by atoms with Crippen LogP contribution < -0.4 is 20.1 Å². The molecule has 4 aromatic rings. The standard InChI is InChI=1S/C32H32N2O8S2/c1-3-39-30(37)26-21-17-41-23-13-7-5-11-19(23)28(35)33-15-9-10-16-34-29(36)20-12-6-8-14-24(20)42-18-22-25(21)32(43-26)44-27(22)31(38)40-4-2/h5-8,11-14H,3-4,9-10,15-18H2,1-2H3,(H,33,35)(H,34,36). The van der Waals surface area contributed by atoms with Crippen LogP contribution in [-0.2, 0) is 22.7 Å². The van der Waals surface area contributed by atoms with Crippen molar-refractivity contribution in [2.75, 3.05) is 26.3 Å². The van der Waals surface area contributed by atoms with Gasteiger partial charge in [0, 0.05) is 29.6 Å². The maximum absolute atomic E-state index is 13.1. The lowest BCUT2D eigenvalue weighted by Gasteiger charge is -2.14. The molecule has 0 atom stereocenters. The van der Waals surface area contributed by atoms with Gasteiger partial charge < -0.3 is 29.6 Å². The van der Waals surface area contributed by atoms with Gasteiger partial charge in [-0.25, -0.2) is 9.59 Å². The van der Waals surface area contributed by atoms with Crippen molar-refractivity contribution in [1.29, 1.82) is 0 Å². The fourth-order valence-electron chi connectivity index (χ4n) is 4.79. The first-order chi connectivity index (χ1) is 21.4. The zero-order chi connectivity index (χ0) is 31.1. The van der Waals surface area contributed by atoms with E-state index in [-0.39, 0.29) is 38.2 Å². The molecule has 2 aromatic carbocycles. The van der Waals surface area contributed by atoms with Crippen LogP contribution >= 0.6 is 22.7 Å². The minimum Gasteiger partial charge on any atom is -0.488 e. The number of hydrogen-bond donors (Lipinski definition) is 2. The number of ether oxygens (including phenoxy) is 4. The van der Waals surface area contributed by atoms with Crippen LogP contribution in [0.1, 0.15) is 77.9 Å². The number of carbonyl (C=O) groups is 4. The van der Waals surface area contributed by atoms with Crippen molar-refractivity contribution >= 4 is 55.8 Å². The zero-order valence-electron chi connectivity index (χ0n) is 24.4. The van der Waals surface area contributed by atoms with Gasteiger partial charge in [0.05, 0.1) is 28.4 Å². The monoisotopic (exact) mass is 636 g/mol. The summed E-state index contributed by atoms with van der Waals surface area (Å²) in [6.07, 6.45) is 1.30. The van der Waals surface area contributed by atoms with Crippen LogP contribution in [0, 0.1) is 0 Å². The number of carbonyl (C=O) groups excluding carboxylic acids is 4. The summed E-state index contributed by atoms with van der Waals surface area (Å²) in [6, 6.07) is 13.7. The van der Waals surface area contributed by atoms with Gasteiger partial charge in [0.2, 0.25) is 0 Å². The first-order valence-corrected chi connectivity index (χ1v) is 16.0. The van der Waals surface area contributed by atoms with E-state index in [9.17, 15) is 19.2 Å². The summed E-state index contributed by atoms with van der Waals surface area (Å²) < 4.78 is 23.8. The Bertz CT molecular complexity index is 1570. The molecule has 2 aromatic heterocycles. The third-order valence-electron chi connectivity index (χ3n) is 6.85. The minimum atomic E-state index is -0.518. The van der Waals surface area contributed by atoms with Gasteiger partial charge in [0.1, 0.15) is 34.5 Å². The number of benzene rings is 2. The molecule has 10 nitrogen and oxygen atoms in total. The van der Waals surface area contributed by atoms with Crippen LogP contribution in [0.4, 0.5) is 0 Å². The number of amides is 2. The number of thiophene rings is 2. The predicted molar refractivity (Wildman–Crippen MR) is 167 cm³/mol. The van der Waals surface area contributed by atoms with Gasteiger partial charge in [0.25, 0.3) is 11.8 Å². The third kappa shape index (κ3) is 6.71. The summed E-state index contributed by atoms with van der Waals surface area (Å²) in [5.41, 5.74) is 1.71. The molecule has 0 saturated heterocycles. The lowest BCUT2D eigenvalue weighted by Crippen LogP contribution is -2.27. The van der Waals surface area contributed by atoms with E-state index in [0.29, 0.717) is 78.8 Å². The fourth-order valence-corrected chi connectivity index (χ4v) is 7.38. The minimum absolute atomic E-state index is 0.0799. The molecule has 0 spiro atoms. The van der Waals surface area contributed by atoms with E-state index in [2.05, 4.69) is 10.6 Å². The van der Waals surface area contributed by atoms with Gasteiger partial charge >= 0.3 is 11.9 Å². The Morgan fingerprint density at radius 1 is 0.727 bits per heavy atom. The summed E-state index contributed by atoms with van der Waals surface area (Å²) in [5.74, 6) is -0.946. The highest BCUT2D eigenvalue weighted by atomic mass is 32.2. The molecule has 44 heavy (non-hydrogen) atoms. The van der Waals surface area contributed by atoms with E-state index in [0.717, 1.165) is 0 Å². The van der Waals surface area contributed by atoms with E-state index < -0.39 is 11.9 Å². The van der Waals surface area contributed by atoms with E-state index >= 15 is 0 Å². The summed E-state index contributed by atoms with van der Waals surface area (Å²) in [5, 5.41) is 6.44. The second kappa shape index (κ2) is 14.4. The first-order valence-electron chi connectivity index (χ1n) is 14.3. The Hall–Kier alpha value is -4.42. The van der Waals surface area contributed by atoms with Gasteiger partial charge in [-0.3, -0.25) is 9.59 Å². The average molecular weight is 637 g/mol. The largest absolute Gasteiger partial charge is 0.488 e. The maximum Gasteiger partial charge on any atom is 0.348 e. The van der Waals surface area contributed by atoms with Crippen molar-refractivity contribution in [3.8, 4) is 11.5 Å². The number of esters is 2. The molecule has 2 amide bonds. The Kier molecular flexibility index (Phi) is 10.1. The molecule has 12 heteroatoms. The molecule has 1 aliphatic rings. The van der Waals surface area contributed by atoms with Crippen molar-refractivity contribution in [3.05, 3.63) is 80.5 Å². The average Bonchev–Trinajstić information content (AvgIpc) is 3.57. The molecular formula is C32H32N2O8S2. The number of para-hydroxylation sites is 2. The molecule has 0 fully saturated rings. The summed E-state index contributed by atoms with van der Waals surface area (Å²) in [6.45, 7) is 4.47. The van der Waals surface area contributed by atoms with Crippen molar-refractivity contribution in [2.45, 2.75) is 39.9 Å². The van der Waals surface area contributed by atoms with E-state index in [1.165, 1.54) is 22.7 Å². The van der Waals surface area contributed by atoms with E-state index in [4.69, 9.17) is 18.9 Å². The van der Waals surface area contributed by atoms with Crippen LogP contribution in [0.5, 0.6) is 11.5 Å². The van der Waals surface area contributed by atoms with Gasteiger partial charge in [-0.15, -0.1) is 22.7 Å². The van der Waals surface area contributed by atoms with Crippen LogP contribution in [0.25, 0.3) is 9.40 Å². The molecule has 0 unspecified atom stereocenters. The molecular weight excluding hydrogens is 604 g/mol. The van der Waals surface area contributed by atoms with Crippen molar-refractivity contribution < 1.29 is 38.1 Å². The SMILES string of the molecule is CCOC(=O)c1sc2sc(C(=O)OCC)c3c2c1COc1ccccc1C(=O)NCCCCNC(=O)c1ccccc1OC3. The predicted octanol–water partition coefficient (Wildman–Crippen LogP) is 5.73. The molecule has 0 saturated carbocycles. The highest BCUT2D eigenvalue weighted by molar-refractivity contribution is 7.40. The van der Waals surface area contributed by atoms with Gasteiger partial charge in [0.15, 0.2) is 0 Å². The number of fused-ring (bicyclic) bond motifs is 2. The fraction of sp³-hybridized carbons (Fsp3) is 0.312. The molecule has 1 aliphatic heterocycles. The molecule has 5 rings (SSSR count). The van der Waals surface area contributed by atoms with Gasteiger partial charge in [-0.1, -0.05) is 24.3 Å². The van der Waals surface area contributed by atoms with E-state index in [1.807, 2.05) is 0 Å². The van der Waals surface area contributed by atoms with Crippen LogP contribution in [0.2, 0.25) is 0 Å². The molecule has 0 aliphatic carbocycles. The summed E-state index contributed by atoms with van der Waals surface area (Å²) >= 11 is 2.39. The number of hydrogen-bond acceptors (Lipinski definition) is 10. The Labute approximate surface area is 262 Å². The quantitative estimate of drug-likeness (QED) is 0.272. The first kappa shape index (κ1) is 31.0. The van der Waals surface area contributed by atoms with Crippen LogP contribution in [-0.4, -0.2) is 50.1 Å². The highest BCUT2D eigenvalue weighted by Gasteiger charge is 2.29. The number of nitrogens with one attached hydrogen (secondary N) is 2. The highest BCUT2D eigenvalue weighted by Crippen LogP contribution is 2.43. The topological polar surface area (TPSA) is 129 Å². The zero-order valence-corrected chi connectivity index (χ0v) is 26.0. The molecule has 0 bridgehead atoms. The summed E-state index contributed by atoms with van der Waals surface area (Å²) in [4.78, 5) is 53.0. The van der Waals surface area contributed by atoms with Crippen LogP contribution in [0.3, 0.4) is 0 Å². The van der Waals surface area contributed by atoms with Gasteiger partial charge in [-0.2, -0.15) is 0 Å². The molecule has 3 heterocycles. The normalized spacial score (nSPS) is 14.3. The van der Waals surface area contributed by atoms with E-state index in [1.54, 1.807) is 62.4 Å².